The Morgan fingerprint density at radius 2 is 1.05 bits per heavy atom. The number of ether oxygens (including phenoxy) is 4. The van der Waals surface area contributed by atoms with Crippen LogP contribution < -0.4 is 19.1 Å². The van der Waals surface area contributed by atoms with E-state index in [1.165, 1.54) is 5.56 Å². The highest BCUT2D eigenvalue weighted by molar-refractivity contribution is 7.80. The number of hydrogen-bond donors (Lipinski definition) is 3. The third-order valence-electron chi connectivity index (χ3n) is 21.5. The van der Waals surface area contributed by atoms with Gasteiger partial charge in [0.15, 0.2) is 15.3 Å². The van der Waals surface area contributed by atoms with E-state index in [4.69, 9.17) is 55.6 Å². The Kier molecular flexibility index (Phi) is 14.7. The van der Waals surface area contributed by atoms with E-state index in [2.05, 4.69) is 73.3 Å². The number of nitrogens with one attached hydrogen (secondary N) is 3. The second-order valence-corrected chi connectivity index (χ2v) is 28.0. The largest absolute Gasteiger partial charge is 0.497 e. The second-order valence-electron chi connectivity index (χ2n) is 26.9. The van der Waals surface area contributed by atoms with Crippen LogP contribution in [0.3, 0.4) is 0 Å². The molecule has 10 aromatic rings. The number of thiocarbonyl (C=S) groups is 3. The maximum Gasteiger partial charge on any atom is 0.338 e. The molecule has 3 N–H and O–H groups in total. The molecule has 0 bridgehead atoms. The molecule has 0 spiro atoms. The van der Waals surface area contributed by atoms with Gasteiger partial charge in [0, 0.05) is 81.1 Å². The quantitative estimate of drug-likeness (QED) is 0.0735. The number of fused-ring (bicyclic) bond motifs is 12. The van der Waals surface area contributed by atoms with Crippen molar-refractivity contribution < 1.29 is 38.1 Å². The first-order valence-electron chi connectivity index (χ1n) is 33.2. The number of hydrogen-bond acceptors (Lipinski definition) is 11. The van der Waals surface area contributed by atoms with Crippen molar-refractivity contribution in [2.24, 2.45) is 0 Å². The van der Waals surface area contributed by atoms with E-state index in [1.54, 1.807) is 55.4 Å². The lowest BCUT2D eigenvalue weighted by atomic mass is 9.81. The zero-order chi connectivity index (χ0) is 66.4. The standard InChI is InChI=1S/C77H69N9O8S3/c1-40(2)81-71(87)62-38-58-55-31-41(19-30-60(55)79-67(58)70(85(62)75(81)95)46-12-10-16-52(34-46)93-5)39-94-74(90)47-13-8-14-49(32-47)83-73(89)64-37-57-54-29-24-44(35-61(54)80-65(57)68(84(64)77(83)97)43-22-27-50(91-3)28-23-43)42-20-25-48(26-21-42)82-72(88)63-36-56-53-17-6-7-18-59(53)78-66(56)69(86(63)76(82)96)45-11-9-15-51(33-45)92-4/h6-19,22-24,27-35,40,42,48,62-64,68-70,78-80H,20-21,25-26,36-39H2,1-5H3. The number of benzene rings is 7. The summed E-state index contributed by atoms with van der Waals surface area (Å²) in [6.45, 7) is 3.93. The minimum absolute atomic E-state index is 0.0239. The van der Waals surface area contributed by atoms with Gasteiger partial charge < -0.3 is 48.6 Å². The maximum atomic E-state index is 15.2. The molecule has 3 saturated heterocycles. The lowest BCUT2D eigenvalue weighted by Crippen LogP contribution is -2.44. The van der Waals surface area contributed by atoms with Gasteiger partial charge in [-0.3, -0.25) is 29.1 Å². The van der Waals surface area contributed by atoms with Gasteiger partial charge in [-0.2, -0.15) is 0 Å². The molecule has 6 atom stereocenters. The second kappa shape index (κ2) is 23.4. The number of H-pyrrole nitrogens is 3. The van der Waals surface area contributed by atoms with E-state index < -0.39 is 30.1 Å². The molecular weight excluding hydrogens is 1280 g/mol. The topological polar surface area (TPSA) is 172 Å². The van der Waals surface area contributed by atoms with Crippen molar-refractivity contribution in [2.45, 2.75) is 120 Å². The Morgan fingerprint density at radius 1 is 0.495 bits per heavy atom. The molecule has 4 fully saturated rings. The number of rotatable bonds is 13. The summed E-state index contributed by atoms with van der Waals surface area (Å²) in [4.78, 5) is 81.3. The zero-order valence-electron chi connectivity index (χ0n) is 54.0. The summed E-state index contributed by atoms with van der Waals surface area (Å²) >= 11 is 18.8. The molecule has 17 nitrogen and oxygen atoms in total. The zero-order valence-corrected chi connectivity index (χ0v) is 56.5. The summed E-state index contributed by atoms with van der Waals surface area (Å²) in [5.74, 6) is 1.71. The highest BCUT2D eigenvalue weighted by Gasteiger charge is 2.55. The van der Waals surface area contributed by atoms with Gasteiger partial charge in [0.25, 0.3) is 17.7 Å². The average Bonchev–Trinajstić information content (AvgIpc) is 1.57. The van der Waals surface area contributed by atoms with Crippen molar-refractivity contribution >= 4 is 114 Å². The van der Waals surface area contributed by atoms with Gasteiger partial charge in [-0.25, -0.2) is 4.79 Å². The van der Waals surface area contributed by atoms with Crippen molar-refractivity contribution in [1.29, 1.82) is 0 Å². The summed E-state index contributed by atoms with van der Waals surface area (Å²) in [7, 11) is 4.96. The van der Waals surface area contributed by atoms with Crippen LogP contribution in [0.1, 0.15) is 136 Å². The number of carbonyl (C=O) groups excluding carboxylic acids is 4. The molecule has 7 aliphatic rings. The first kappa shape index (κ1) is 60.8. The number of para-hydroxylation sites is 1. The number of carbonyl (C=O) groups is 4. The minimum Gasteiger partial charge on any atom is -0.497 e. The van der Waals surface area contributed by atoms with Crippen molar-refractivity contribution in [3.8, 4) is 17.2 Å². The molecule has 17 rings (SSSR count). The third-order valence-corrected chi connectivity index (χ3v) is 22.7. The normalized spacial score (nSPS) is 22.8. The fourth-order valence-electron chi connectivity index (χ4n) is 16.9. The summed E-state index contributed by atoms with van der Waals surface area (Å²) in [6.07, 6.45) is 4.81. The van der Waals surface area contributed by atoms with Gasteiger partial charge in [-0.1, -0.05) is 78.9 Å². The fraction of sp³-hybridized carbons (Fsp3) is 0.286. The Bertz CT molecular complexity index is 4990. The van der Waals surface area contributed by atoms with Crippen LogP contribution >= 0.6 is 36.7 Å². The Hall–Kier alpha value is -9.89. The van der Waals surface area contributed by atoms with Crippen LogP contribution in [0.5, 0.6) is 17.2 Å². The fourth-order valence-corrected chi connectivity index (χ4v) is 18.4. The van der Waals surface area contributed by atoms with E-state index in [9.17, 15) is 14.4 Å². The smallest absolute Gasteiger partial charge is 0.338 e. The summed E-state index contributed by atoms with van der Waals surface area (Å²) < 4.78 is 23.0. The molecular formula is C77H69N9O8S3. The number of anilines is 1. The molecule has 3 amide bonds. The molecule has 7 aromatic carbocycles. The summed E-state index contributed by atoms with van der Waals surface area (Å²) in [5.41, 5.74) is 14.7. The number of methoxy groups -OCH3 is 3. The number of aromatic amines is 3. The first-order chi connectivity index (χ1) is 47.2. The van der Waals surface area contributed by atoms with Crippen LogP contribution in [0.2, 0.25) is 0 Å². The minimum atomic E-state index is -0.647. The molecule has 1 aliphatic carbocycles. The predicted molar refractivity (Wildman–Crippen MR) is 382 cm³/mol. The molecule has 6 unspecified atom stereocenters. The summed E-state index contributed by atoms with van der Waals surface area (Å²) in [5, 5.41) is 4.53. The van der Waals surface area contributed by atoms with E-state index in [1.807, 2.05) is 109 Å². The lowest BCUT2D eigenvalue weighted by Gasteiger charge is -2.38. The van der Waals surface area contributed by atoms with Crippen LogP contribution in [0.25, 0.3) is 32.7 Å². The molecule has 9 heterocycles. The van der Waals surface area contributed by atoms with E-state index in [-0.39, 0.29) is 60.0 Å². The van der Waals surface area contributed by atoms with E-state index in [0.717, 1.165) is 120 Å². The van der Waals surface area contributed by atoms with E-state index >= 15 is 4.79 Å². The molecule has 1 saturated carbocycles. The molecule has 97 heavy (non-hydrogen) atoms. The van der Waals surface area contributed by atoms with E-state index in [0.29, 0.717) is 51.8 Å². The number of esters is 1. The first-order valence-corrected chi connectivity index (χ1v) is 34.4. The summed E-state index contributed by atoms with van der Waals surface area (Å²) in [6, 6.07) is 49.0. The number of aromatic nitrogens is 3. The van der Waals surface area contributed by atoms with Gasteiger partial charge in [0.2, 0.25) is 0 Å². The Labute approximate surface area is 576 Å². The van der Waals surface area contributed by atoms with Crippen molar-refractivity contribution in [1.82, 2.24) is 39.5 Å². The number of nitrogens with zero attached hydrogens (tertiary/aromatic N) is 6. The average molecular weight is 1340 g/mol. The van der Waals surface area contributed by atoms with Gasteiger partial charge >= 0.3 is 5.97 Å². The number of amides is 3. The van der Waals surface area contributed by atoms with Gasteiger partial charge in [-0.05, 0) is 205 Å². The lowest BCUT2D eigenvalue weighted by molar-refractivity contribution is -0.130. The molecule has 6 aliphatic heterocycles. The Balaban J connectivity index is 0.607. The van der Waals surface area contributed by atoms with Crippen LogP contribution in [0.4, 0.5) is 5.69 Å². The molecule has 3 aromatic heterocycles. The highest BCUT2D eigenvalue weighted by Crippen LogP contribution is 2.51. The molecule has 488 valence electrons. The third kappa shape index (κ3) is 9.58. The SMILES string of the molecule is COc1ccc(C2c3[nH]c4cc(C5CCC(N6C(=O)C7Cc8c([nH]c9ccccc89)C(c8cccc(OC)c8)N7C6=S)CC5)ccc4c3CC3C(=O)N(c4cccc(C(=O)OCc5ccc6[nH]c7c(c6c5)CC5C(=O)N(C(C)C)C(=S)N5C7c5cccc(OC)c5)c4)C(=S)N32)cc1. The monoisotopic (exact) mass is 1340 g/mol. The van der Waals surface area contributed by atoms with Crippen LogP contribution in [0, 0.1) is 0 Å². The Morgan fingerprint density at radius 3 is 1.71 bits per heavy atom. The molecule has 20 heteroatoms. The molecule has 0 radical (unpaired) electrons. The van der Waals surface area contributed by atoms with Crippen molar-refractivity contribution in [3.05, 3.63) is 225 Å². The van der Waals surface area contributed by atoms with Gasteiger partial charge in [0.1, 0.15) is 42.0 Å². The van der Waals surface area contributed by atoms with Crippen LogP contribution in [-0.4, -0.2) is 130 Å². The van der Waals surface area contributed by atoms with Gasteiger partial charge in [0.05, 0.1) is 50.7 Å². The highest BCUT2D eigenvalue weighted by atomic mass is 32.1. The maximum absolute atomic E-state index is 15.2. The van der Waals surface area contributed by atoms with Crippen LogP contribution in [0.15, 0.2) is 158 Å². The van der Waals surface area contributed by atoms with Crippen molar-refractivity contribution in [3.63, 3.8) is 0 Å². The van der Waals surface area contributed by atoms with Crippen molar-refractivity contribution in [2.75, 3.05) is 26.2 Å². The predicted octanol–water partition coefficient (Wildman–Crippen LogP) is 13.2. The van der Waals surface area contributed by atoms with Crippen LogP contribution in [-0.2, 0) is 45.0 Å². The van der Waals surface area contributed by atoms with Gasteiger partial charge in [-0.15, -0.1) is 0 Å².